The highest BCUT2D eigenvalue weighted by molar-refractivity contribution is 7.09. The first-order valence-electron chi connectivity index (χ1n) is 8.12. The largest absolute Gasteiger partial charge is 0.363 e. The number of ether oxygens (including phenoxy) is 1. The third-order valence-electron chi connectivity index (χ3n) is 4.68. The van der Waals surface area contributed by atoms with E-state index in [-0.39, 0.29) is 24.0 Å². The van der Waals surface area contributed by atoms with Crippen molar-refractivity contribution in [3.8, 4) is 0 Å². The van der Waals surface area contributed by atoms with Gasteiger partial charge >= 0.3 is 0 Å². The second-order valence-corrected chi connectivity index (χ2v) is 7.38. The molecule has 7 heteroatoms. The van der Waals surface area contributed by atoms with Gasteiger partial charge in [-0.15, -0.1) is 11.3 Å². The van der Waals surface area contributed by atoms with Crippen molar-refractivity contribution in [2.45, 2.75) is 45.3 Å². The lowest BCUT2D eigenvalue weighted by atomic mass is 9.89. The van der Waals surface area contributed by atoms with E-state index in [2.05, 4.69) is 4.98 Å². The van der Waals surface area contributed by atoms with Crippen molar-refractivity contribution in [3.63, 3.8) is 0 Å². The molecular formula is C16H23N3O3S. The molecular weight excluding hydrogens is 314 g/mol. The van der Waals surface area contributed by atoms with Crippen LogP contribution < -0.4 is 0 Å². The van der Waals surface area contributed by atoms with Gasteiger partial charge in [-0.1, -0.05) is 6.92 Å². The van der Waals surface area contributed by atoms with Crippen LogP contribution in [0.4, 0.5) is 0 Å². The number of carbonyl (C=O) groups is 2. The van der Waals surface area contributed by atoms with E-state index in [0.29, 0.717) is 32.6 Å². The first kappa shape index (κ1) is 16.4. The monoisotopic (exact) mass is 337 g/mol. The van der Waals surface area contributed by atoms with E-state index in [4.69, 9.17) is 4.74 Å². The first-order valence-corrected chi connectivity index (χ1v) is 9.00. The van der Waals surface area contributed by atoms with Crippen LogP contribution in [0.5, 0.6) is 0 Å². The number of aromatic nitrogens is 1. The minimum absolute atomic E-state index is 0.0216. The average Bonchev–Trinajstić information content (AvgIpc) is 2.96. The molecule has 0 N–H and O–H groups in total. The fourth-order valence-corrected chi connectivity index (χ4v) is 3.90. The van der Waals surface area contributed by atoms with Crippen molar-refractivity contribution in [3.05, 3.63) is 16.1 Å². The number of amides is 2. The molecule has 23 heavy (non-hydrogen) atoms. The third-order valence-corrected chi connectivity index (χ3v) is 5.51. The van der Waals surface area contributed by atoms with Crippen molar-refractivity contribution in [2.24, 2.45) is 0 Å². The maximum absolute atomic E-state index is 12.2. The Morgan fingerprint density at radius 1 is 1.43 bits per heavy atom. The molecule has 0 aromatic carbocycles. The van der Waals surface area contributed by atoms with Crippen molar-refractivity contribution in [1.29, 1.82) is 0 Å². The molecule has 2 aliphatic heterocycles. The summed E-state index contributed by atoms with van der Waals surface area (Å²) in [4.78, 5) is 32.2. The highest BCUT2D eigenvalue weighted by Crippen LogP contribution is 2.31. The number of aryl methyl sites for hydroxylation is 1. The highest BCUT2D eigenvalue weighted by Gasteiger charge is 2.42. The predicted octanol–water partition coefficient (Wildman–Crippen LogP) is 1.58. The van der Waals surface area contributed by atoms with Gasteiger partial charge in [0.1, 0.15) is 6.61 Å². The number of piperidine rings is 1. The molecule has 3 rings (SSSR count). The number of thiazole rings is 1. The summed E-state index contributed by atoms with van der Waals surface area (Å²) in [7, 11) is 0. The van der Waals surface area contributed by atoms with Crippen molar-refractivity contribution in [2.75, 3.05) is 26.2 Å². The molecule has 2 fully saturated rings. The van der Waals surface area contributed by atoms with Gasteiger partial charge in [-0.2, -0.15) is 0 Å². The number of hydrogen-bond acceptors (Lipinski definition) is 5. The lowest BCUT2D eigenvalue weighted by Crippen LogP contribution is -2.59. The third kappa shape index (κ3) is 3.55. The van der Waals surface area contributed by atoms with Gasteiger partial charge in [-0.3, -0.25) is 9.59 Å². The van der Waals surface area contributed by atoms with Crippen molar-refractivity contribution in [1.82, 2.24) is 14.8 Å². The number of carbonyl (C=O) groups excluding carboxylic acids is 2. The summed E-state index contributed by atoms with van der Waals surface area (Å²) in [5, 5.41) is 3.02. The zero-order valence-electron chi connectivity index (χ0n) is 13.7. The summed E-state index contributed by atoms with van der Waals surface area (Å²) in [6.07, 6.45) is 2.12. The molecule has 2 amide bonds. The molecule has 0 radical (unpaired) electrons. The van der Waals surface area contributed by atoms with Crippen molar-refractivity contribution >= 4 is 23.2 Å². The summed E-state index contributed by atoms with van der Waals surface area (Å²) in [5.74, 6) is 0.217. The van der Waals surface area contributed by atoms with Crippen LogP contribution in [0.3, 0.4) is 0 Å². The minimum atomic E-state index is -0.302. The van der Waals surface area contributed by atoms with Gasteiger partial charge in [-0.25, -0.2) is 4.98 Å². The van der Waals surface area contributed by atoms with Gasteiger partial charge in [0.15, 0.2) is 0 Å². The van der Waals surface area contributed by atoms with Gasteiger partial charge < -0.3 is 14.5 Å². The van der Waals surface area contributed by atoms with Crippen LogP contribution in [-0.2, 0) is 20.9 Å². The summed E-state index contributed by atoms with van der Waals surface area (Å²) >= 11 is 1.60. The number of rotatable bonds is 3. The van der Waals surface area contributed by atoms with Crippen LogP contribution in [0.15, 0.2) is 5.38 Å². The normalized spacial score (nSPS) is 21.0. The maximum atomic E-state index is 12.2. The van der Waals surface area contributed by atoms with Gasteiger partial charge in [0.25, 0.3) is 0 Å². The Morgan fingerprint density at radius 3 is 2.78 bits per heavy atom. The summed E-state index contributed by atoms with van der Waals surface area (Å²) in [5.41, 5.74) is 0.639. The Kier molecular flexibility index (Phi) is 4.68. The molecule has 6 nitrogen and oxygen atoms in total. The first-order chi connectivity index (χ1) is 11.0. The number of hydrogen-bond donors (Lipinski definition) is 0. The van der Waals surface area contributed by atoms with E-state index >= 15 is 0 Å². The maximum Gasteiger partial charge on any atom is 0.249 e. The van der Waals surface area contributed by atoms with E-state index in [1.54, 1.807) is 11.3 Å². The standard InChI is InChI=1S/C16H23N3O3S/c1-3-14(20)18-6-4-16(5-7-18)11-19(15(21)9-22-16)8-13-10-23-12(2)17-13/h10H,3-9,11H2,1-2H3. The van der Waals surface area contributed by atoms with Gasteiger partial charge in [0, 0.05) is 24.9 Å². The van der Waals surface area contributed by atoms with Crippen LogP contribution in [-0.4, -0.2) is 58.4 Å². The number of morpholine rings is 1. The Hall–Kier alpha value is -1.47. The van der Waals surface area contributed by atoms with E-state index in [9.17, 15) is 9.59 Å². The molecule has 1 aromatic rings. The van der Waals surface area contributed by atoms with E-state index < -0.39 is 0 Å². The van der Waals surface area contributed by atoms with E-state index in [1.807, 2.05) is 29.0 Å². The van der Waals surface area contributed by atoms with Crippen molar-refractivity contribution < 1.29 is 14.3 Å². The molecule has 0 atom stereocenters. The summed E-state index contributed by atoms with van der Waals surface area (Å²) in [6.45, 7) is 6.56. The quantitative estimate of drug-likeness (QED) is 0.840. The van der Waals surface area contributed by atoms with Crippen LogP contribution in [0.25, 0.3) is 0 Å². The molecule has 1 aromatic heterocycles. The number of likely N-dealkylation sites (tertiary alicyclic amines) is 1. The van der Waals surface area contributed by atoms with Crippen LogP contribution in [0.1, 0.15) is 36.9 Å². The molecule has 0 saturated carbocycles. The SMILES string of the molecule is CCC(=O)N1CCC2(CC1)CN(Cc1csc(C)n1)C(=O)CO2. The fourth-order valence-electron chi connectivity index (χ4n) is 3.30. The van der Waals surface area contributed by atoms with Crippen LogP contribution in [0, 0.1) is 6.92 Å². The average molecular weight is 337 g/mol. The topological polar surface area (TPSA) is 62.7 Å². The predicted molar refractivity (Wildman–Crippen MR) is 87.1 cm³/mol. The van der Waals surface area contributed by atoms with Crippen LogP contribution in [0.2, 0.25) is 0 Å². The number of nitrogens with zero attached hydrogens (tertiary/aromatic N) is 3. The lowest BCUT2D eigenvalue weighted by Gasteiger charge is -2.46. The van der Waals surface area contributed by atoms with Crippen LogP contribution >= 0.6 is 11.3 Å². The smallest absolute Gasteiger partial charge is 0.249 e. The molecule has 126 valence electrons. The second-order valence-electron chi connectivity index (χ2n) is 6.31. The van der Waals surface area contributed by atoms with Gasteiger partial charge in [-0.05, 0) is 19.8 Å². The Labute approximate surface area is 140 Å². The Balaban J connectivity index is 1.64. The lowest BCUT2D eigenvalue weighted by molar-refractivity contribution is -0.174. The molecule has 0 aliphatic carbocycles. The zero-order valence-corrected chi connectivity index (χ0v) is 14.5. The summed E-state index contributed by atoms with van der Waals surface area (Å²) in [6, 6.07) is 0. The Morgan fingerprint density at radius 2 is 2.17 bits per heavy atom. The molecule has 1 spiro atoms. The van der Waals surface area contributed by atoms with E-state index in [1.165, 1.54) is 0 Å². The molecule has 2 saturated heterocycles. The zero-order chi connectivity index (χ0) is 16.4. The van der Waals surface area contributed by atoms with Gasteiger partial charge in [0.2, 0.25) is 11.8 Å². The fraction of sp³-hybridized carbons (Fsp3) is 0.688. The summed E-state index contributed by atoms with van der Waals surface area (Å²) < 4.78 is 5.91. The second kappa shape index (κ2) is 6.57. The van der Waals surface area contributed by atoms with E-state index in [0.717, 1.165) is 23.5 Å². The molecule has 2 aliphatic rings. The molecule has 0 unspecified atom stereocenters. The molecule has 3 heterocycles. The molecule has 0 bridgehead atoms. The highest BCUT2D eigenvalue weighted by atomic mass is 32.1. The Bertz CT molecular complexity index is 593. The minimum Gasteiger partial charge on any atom is -0.363 e. The van der Waals surface area contributed by atoms with Gasteiger partial charge in [0.05, 0.1) is 29.4 Å².